The number of pyridine rings is 1. The van der Waals surface area contributed by atoms with E-state index in [2.05, 4.69) is 4.98 Å². The van der Waals surface area contributed by atoms with Crippen LogP contribution in [-0.2, 0) is 11.0 Å². The molecular formula is C13H15F3N2O2. The molecule has 1 aliphatic heterocycles. The number of hydrogen-bond acceptors (Lipinski definition) is 3. The zero-order valence-electron chi connectivity index (χ0n) is 10.7. The minimum Gasteiger partial charge on any atom is -0.481 e. The largest absolute Gasteiger partial charge is 0.481 e. The van der Waals surface area contributed by atoms with Crippen molar-refractivity contribution in [2.45, 2.75) is 25.4 Å². The molecule has 0 aliphatic carbocycles. The summed E-state index contributed by atoms with van der Waals surface area (Å²) < 4.78 is 37.8. The fourth-order valence-electron chi connectivity index (χ4n) is 2.37. The van der Waals surface area contributed by atoms with Gasteiger partial charge in [0.1, 0.15) is 11.5 Å². The van der Waals surface area contributed by atoms with Crippen molar-refractivity contribution in [2.75, 3.05) is 18.0 Å². The number of halogens is 3. The molecule has 2 rings (SSSR count). The molecule has 1 aliphatic rings. The number of alkyl halides is 3. The van der Waals surface area contributed by atoms with E-state index in [0.29, 0.717) is 31.7 Å². The molecular weight excluding hydrogens is 273 g/mol. The van der Waals surface area contributed by atoms with Crippen LogP contribution in [0.5, 0.6) is 0 Å². The van der Waals surface area contributed by atoms with Crippen LogP contribution >= 0.6 is 0 Å². The van der Waals surface area contributed by atoms with Crippen molar-refractivity contribution >= 4 is 11.8 Å². The molecule has 4 nitrogen and oxygen atoms in total. The summed E-state index contributed by atoms with van der Waals surface area (Å²) in [6.45, 7) is 1.07. The van der Waals surface area contributed by atoms with E-state index in [4.69, 9.17) is 5.11 Å². The Hall–Kier alpha value is -1.79. The van der Waals surface area contributed by atoms with Gasteiger partial charge in [0, 0.05) is 19.5 Å². The Kier molecular flexibility index (Phi) is 4.15. The number of carboxylic acids is 1. The summed E-state index contributed by atoms with van der Waals surface area (Å²) in [7, 11) is 0. The van der Waals surface area contributed by atoms with E-state index in [-0.39, 0.29) is 12.3 Å². The van der Waals surface area contributed by atoms with Crippen molar-refractivity contribution in [1.82, 2.24) is 4.98 Å². The van der Waals surface area contributed by atoms with Gasteiger partial charge in [-0.2, -0.15) is 13.2 Å². The Morgan fingerprint density at radius 1 is 1.35 bits per heavy atom. The second-order valence-electron chi connectivity index (χ2n) is 4.91. The lowest BCUT2D eigenvalue weighted by Gasteiger charge is -2.32. The maximum absolute atomic E-state index is 12.6. The third-order valence-electron chi connectivity index (χ3n) is 3.43. The van der Waals surface area contributed by atoms with Gasteiger partial charge in [0.15, 0.2) is 0 Å². The monoisotopic (exact) mass is 288 g/mol. The Balaban J connectivity index is 2.02. The van der Waals surface area contributed by atoms with E-state index < -0.39 is 17.8 Å². The number of carbonyl (C=O) groups is 1. The summed E-state index contributed by atoms with van der Waals surface area (Å²) in [4.78, 5) is 16.0. The second-order valence-corrected chi connectivity index (χ2v) is 4.91. The molecule has 7 heteroatoms. The maximum atomic E-state index is 12.6. The fourth-order valence-corrected chi connectivity index (χ4v) is 2.37. The first-order valence-electron chi connectivity index (χ1n) is 6.37. The van der Waals surface area contributed by atoms with Crippen LogP contribution in [-0.4, -0.2) is 29.1 Å². The van der Waals surface area contributed by atoms with Crippen molar-refractivity contribution in [3.05, 3.63) is 23.9 Å². The van der Waals surface area contributed by atoms with Crippen molar-refractivity contribution in [2.24, 2.45) is 5.92 Å². The molecule has 0 bridgehead atoms. The van der Waals surface area contributed by atoms with E-state index >= 15 is 0 Å². The quantitative estimate of drug-likeness (QED) is 0.929. The highest BCUT2D eigenvalue weighted by Crippen LogP contribution is 2.30. The number of aromatic nitrogens is 1. The van der Waals surface area contributed by atoms with E-state index in [1.165, 1.54) is 6.07 Å². The molecule has 2 heterocycles. The number of piperidine rings is 1. The highest BCUT2D eigenvalue weighted by atomic mass is 19.4. The highest BCUT2D eigenvalue weighted by molar-refractivity contribution is 5.67. The van der Waals surface area contributed by atoms with Crippen molar-refractivity contribution in [3.8, 4) is 0 Å². The molecule has 0 aromatic carbocycles. The van der Waals surface area contributed by atoms with E-state index in [0.717, 1.165) is 6.07 Å². The molecule has 0 radical (unpaired) electrons. The van der Waals surface area contributed by atoms with Gasteiger partial charge >= 0.3 is 12.1 Å². The summed E-state index contributed by atoms with van der Waals surface area (Å²) in [5.41, 5.74) is -0.900. The minimum absolute atomic E-state index is 0.0922. The van der Waals surface area contributed by atoms with Gasteiger partial charge in [0.05, 0.1) is 0 Å². The molecule has 20 heavy (non-hydrogen) atoms. The lowest BCUT2D eigenvalue weighted by molar-refractivity contribution is -0.141. The molecule has 0 amide bonds. The van der Waals surface area contributed by atoms with Crippen LogP contribution in [0.2, 0.25) is 0 Å². The number of nitrogens with zero attached hydrogens (tertiary/aromatic N) is 2. The smallest absolute Gasteiger partial charge is 0.433 e. The normalized spacial score (nSPS) is 17.2. The Morgan fingerprint density at radius 3 is 2.55 bits per heavy atom. The van der Waals surface area contributed by atoms with Gasteiger partial charge in [-0.15, -0.1) is 0 Å². The fraction of sp³-hybridized carbons (Fsp3) is 0.538. The lowest BCUT2D eigenvalue weighted by atomic mass is 9.94. The summed E-state index contributed by atoms with van der Waals surface area (Å²) in [5.74, 6) is -0.441. The average Bonchev–Trinajstić information content (AvgIpc) is 2.38. The lowest BCUT2D eigenvalue weighted by Crippen LogP contribution is -2.35. The predicted molar refractivity (Wildman–Crippen MR) is 66.4 cm³/mol. The predicted octanol–water partition coefficient (Wildman–Crippen LogP) is 2.79. The van der Waals surface area contributed by atoms with Crippen LogP contribution in [0.3, 0.4) is 0 Å². The average molecular weight is 288 g/mol. The van der Waals surface area contributed by atoms with Gasteiger partial charge in [0.2, 0.25) is 0 Å². The van der Waals surface area contributed by atoms with Gasteiger partial charge in [-0.25, -0.2) is 4.98 Å². The first-order chi connectivity index (χ1) is 9.36. The van der Waals surface area contributed by atoms with Gasteiger partial charge in [-0.3, -0.25) is 4.79 Å². The molecule has 1 fully saturated rings. The van der Waals surface area contributed by atoms with Gasteiger partial charge in [-0.05, 0) is 30.9 Å². The number of anilines is 1. The van der Waals surface area contributed by atoms with Crippen LogP contribution in [0.4, 0.5) is 19.0 Å². The van der Waals surface area contributed by atoms with E-state index in [1.807, 2.05) is 0 Å². The topological polar surface area (TPSA) is 53.4 Å². The first kappa shape index (κ1) is 14.6. The van der Waals surface area contributed by atoms with Gasteiger partial charge in [0.25, 0.3) is 0 Å². The molecule has 110 valence electrons. The summed E-state index contributed by atoms with van der Waals surface area (Å²) in [6.07, 6.45) is -3.02. The molecule has 1 aromatic rings. The SMILES string of the molecule is O=C(O)CC1CCN(c2cccc(C(F)(F)F)n2)CC1. The minimum atomic E-state index is -4.45. The summed E-state index contributed by atoms with van der Waals surface area (Å²) >= 11 is 0. The standard InChI is InChI=1S/C13H15F3N2O2/c14-13(15,16)10-2-1-3-11(17-10)18-6-4-9(5-7-18)8-12(19)20/h1-3,9H,4-8H2,(H,19,20). The van der Waals surface area contributed by atoms with Crippen LogP contribution in [0, 0.1) is 5.92 Å². The van der Waals surface area contributed by atoms with Crippen molar-refractivity contribution in [3.63, 3.8) is 0 Å². The van der Waals surface area contributed by atoms with E-state index in [9.17, 15) is 18.0 Å². The number of rotatable bonds is 3. The molecule has 1 N–H and O–H groups in total. The van der Waals surface area contributed by atoms with Crippen LogP contribution in [0.1, 0.15) is 25.0 Å². The number of carboxylic acid groups (broad SMARTS) is 1. The molecule has 0 spiro atoms. The molecule has 0 unspecified atom stereocenters. The second kappa shape index (κ2) is 5.68. The summed E-state index contributed by atoms with van der Waals surface area (Å²) in [6, 6.07) is 3.84. The number of aliphatic carboxylic acids is 1. The molecule has 0 atom stereocenters. The van der Waals surface area contributed by atoms with Crippen LogP contribution in [0.25, 0.3) is 0 Å². The first-order valence-corrected chi connectivity index (χ1v) is 6.37. The van der Waals surface area contributed by atoms with Crippen LogP contribution < -0.4 is 4.90 Å². The Labute approximate surface area is 114 Å². The maximum Gasteiger partial charge on any atom is 0.433 e. The third kappa shape index (κ3) is 3.61. The summed E-state index contributed by atoms with van der Waals surface area (Å²) in [5, 5.41) is 8.72. The Morgan fingerprint density at radius 2 is 2.00 bits per heavy atom. The highest BCUT2D eigenvalue weighted by Gasteiger charge is 2.33. The number of hydrogen-bond donors (Lipinski definition) is 1. The van der Waals surface area contributed by atoms with Gasteiger partial charge < -0.3 is 10.0 Å². The molecule has 1 saturated heterocycles. The molecule has 0 saturated carbocycles. The zero-order valence-corrected chi connectivity index (χ0v) is 10.7. The molecule has 1 aromatic heterocycles. The van der Waals surface area contributed by atoms with Gasteiger partial charge in [-0.1, -0.05) is 6.07 Å². The zero-order chi connectivity index (χ0) is 14.8. The third-order valence-corrected chi connectivity index (χ3v) is 3.43. The Bertz CT molecular complexity index is 483. The van der Waals surface area contributed by atoms with Crippen molar-refractivity contribution < 1.29 is 23.1 Å². The van der Waals surface area contributed by atoms with E-state index in [1.54, 1.807) is 11.0 Å². The van der Waals surface area contributed by atoms with Crippen molar-refractivity contribution in [1.29, 1.82) is 0 Å². The van der Waals surface area contributed by atoms with Crippen LogP contribution in [0.15, 0.2) is 18.2 Å².